The summed E-state index contributed by atoms with van der Waals surface area (Å²) in [6, 6.07) is 10.3. The van der Waals surface area contributed by atoms with E-state index in [1.807, 2.05) is 19.1 Å². The molecule has 2 aromatic rings. The maximum absolute atomic E-state index is 12.5. The van der Waals surface area contributed by atoms with Crippen molar-refractivity contribution in [3.05, 3.63) is 57.6 Å². The average Bonchev–Trinajstić information content (AvgIpc) is 2.43. The predicted octanol–water partition coefficient (Wildman–Crippen LogP) is 3.36. The molecule has 0 saturated heterocycles. The monoisotopic (exact) mass is 369 g/mol. The van der Waals surface area contributed by atoms with E-state index in [1.165, 1.54) is 6.07 Å². The minimum atomic E-state index is -3.70. The minimum Gasteiger partial charge on any atom is -0.392 e. The van der Waals surface area contributed by atoms with Gasteiger partial charge in [0.2, 0.25) is 0 Å². The van der Waals surface area contributed by atoms with Crippen molar-refractivity contribution in [2.75, 3.05) is 4.72 Å². The second kappa shape index (κ2) is 6.17. The summed E-state index contributed by atoms with van der Waals surface area (Å²) in [5.74, 6) is 0. The van der Waals surface area contributed by atoms with Gasteiger partial charge in [0.05, 0.1) is 17.2 Å². The van der Waals surface area contributed by atoms with Crippen LogP contribution in [0.4, 0.5) is 5.69 Å². The SMILES string of the molecule is Cc1ccc(Br)cc1NS(=O)(=O)c1cc(CO)ccc1C. The lowest BCUT2D eigenvalue weighted by Gasteiger charge is -2.13. The van der Waals surface area contributed by atoms with E-state index in [4.69, 9.17) is 5.11 Å². The van der Waals surface area contributed by atoms with Gasteiger partial charge < -0.3 is 5.11 Å². The summed E-state index contributed by atoms with van der Waals surface area (Å²) in [6.45, 7) is 3.36. The first kappa shape index (κ1) is 16.0. The summed E-state index contributed by atoms with van der Waals surface area (Å²) < 4.78 is 28.5. The highest BCUT2D eigenvalue weighted by Crippen LogP contribution is 2.25. The molecule has 0 amide bonds. The third kappa shape index (κ3) is 3.64. The molecule has 0 unspecified atom stereocenters. The molecule has 0 atom stereocenters. The molecule has 2 rings (SSSR count). The van der Waals surface area contributed by atoms with E-state index in [0.29, 0.717) is 16.8 Å². The van der Waals surface area contributed by atoms with Crippen molar-refractivity contribution < 1.29 is 13.5 Å². The lowest BCUT2D eigenvalue weighted by Crippen LogP contribution is -2.15. The number of halogens is 1. The molecule has 4 nitrogen and oxygen atoms in total. The van der Waals surface area contributed by atoms with Gasteiger partial charge in [-0.15, -0.1) is 0 Å². The molecule has 0 heterocycles. The molecule has 2 aromatic carbocycles. The fraction of sp³-hybridized carbons (Fsp3) is 0.200. The first-order chi connectivity index (χ1) is 9.83. The summed E-state index contributed by atoms with van der Waals surface area (Å²) in [4.78, 5) is 0.174. The number of aliphatic hydroxyl groups excluding tert-OH is 1. The van der Waals surface area contributed by atoms with Gasteiger partial charge >= 0.3 is 0 Å². The molecule has 0 aliphatic heterocycles. The Kier molecular flexibility index (Phi) is 4.70. The quantitative estimate of drug-likeness (QED) is 0.867. The van der Waals surface area contributed by atoms with E-state index in [1.54, 1.807) is 25.1 Å². The molecule has 0 radical (unpaired) electrons. The molecule has 112 valence electrons. The number of sulfonamides is 1. The molecule has 0 bridgehead atoms. The van der Waals surface area contributed by atoms with E-state index >= 15 is 0 Å². The van der Waals surface area contributed by atoms with Gasteiger partial charge in [-0.1, -0.05) is 34.1 Å². The van der Waals surface area contributed by atoms with Crippen molar-refractivity contribution in [1.29, 1.82) is 0 Å². The highest BCUT2D eigenvalue weighted by atomic mass is 79.9. The number of rotatable bonds is 4. The van der Waals surface area contributed by atoms with Gasteiger partial charge in [-0.3, -0.25) is 4.72 Å². The lowest BCUT2D eigenvalue weighted by atomic mass is 10.2. The van der Waals surface area contributed by atoms with Crippen LogP contribution in [0.2, 0.25) is 0 Å². The number of benzene rings is 2. The normalized spacial score (nSPS) is 11.4. The molecule has 0 saturated carbocycles. The fourth-order valence-electron chi connectivity index (χ4n) is 1.94. The fourth-order valence-corrected chi connectivity index (χ4v) is 3.72. The highest BCUT2D eigenvalue weighted by Gasteiger charge is 2.18. The Morgan fingerprint density at radius 1 is 1.10 bits per heavy atom. The third-order valence-electron chi connectivity index (χ3n) is 3.17. The van der Waals surface area contributed by atoms with Crippen LogP contribution in [0.25, 0.3) is 0 Å². The Morgan fingerprint density at radius 2 is 1.76 bits per heavy atom. The lowest BCUT2D eigenvalue weighted by molar-refractivity contribution is 0.281. The van der Waals surface area contributed by atoms with E-state index in [-0.39, 0.29) is 11.5 Å². The van der Waals surface area contributed by atoms with Crippen molar-refractivity contribution in [3.63, 3.8) is 0 Å². The van der Waals surface area contributed by atoms with E-state index in [0.717, 1.165) is 10.0 Å². The van der Waals surface area contributed by atoms with Crippen molar-refractivity contribution in [1.82, 2.24) is 0 Å². The second-order valence-corrected chi connectivity index (χ2v) is 7.39. The standard InChI is InChI=1S/C15H16BrNO3S/c1-10-4-6-13(16)8-14(10)17-21(19,20)15-7-12(9-18)5-3-11(15)2/h3-8,17-18H,9H2,1-2H3. The Morgan fingerprint density at radius 3 is 2.43 bits per heavy atom. The van der Waals surface area contributed by atoms with Crippen LogP contribution in [0, 0.1) is 13.8 Å². The van der Waals surface area contributed by atoms with Gasteiger partial charge in [-0.25, -0.2) is 8.42 Å². The summed E-state index contributed by atoms with van der Waals surface area (Å²) in [5, 5.41) is 9.17. The van der Waals surface area contributed by atoms with Crippen LogP contribution in [0.3, 0.4) is 0 Å². The van der Waals surface area contributed by atoms with Crippen molar-refractivity contribution in [3.8, 4) is 0 Å². The van der Waals surface area contributed by atoms with Crippen LogP contribution in [0.5, 0.6) is 0 Å². The number of hydrogen-bond acceptors (Lipinski definition) is 3. The number of anilines is 1. The van der Waals surface area contributed by atoms with Gasteiger partial charge in [0.1, 0.15) is 0 Å². The van der Waals surface area contributed by atoms with Crippen LogP contribution in [-0.4, -0.2) is 13.5 Å². The van der Waals surface area contributed by atoms with Crippen molar-refractivity contribution in [2.24, 2.45) is 0 Å². The maximum atomic E-state index is 12.5. The van der Waals surface area contributed by atoms with Crippen LogP contribution in [-0.2, 0) is 16.6 Å². The topological polar surface area (TPSA) is 66.4 Å². The van der Waals surface area contributed by atoms with E-state index in [2.05, 4.69) is 20.7 Å². The molecule has 0 aliphatic rings. The first-order valence-corrected chi connectivity index (χ1v) is 8.60. The Balaban J connectivity index is 2.45. The smallest absolute Gasteiger partial charge is 0.262 e. The zero-order chi connectivity index (χ0) is 15.6. The van der Waals surface area contributed by atoms with E-state index < -0.39 is 10.0 Å². The zero-order valence-electron chi connectivity index (χ0n) is 11.7. The molecular weight excluding hydrogens is 354 g/mol. The van der Waals surface area contributed by atoms with Crippen LogP contribution in [0.15, 0.2) is 45.8 Å². The largest absolute Gasteiger partial charge is 0.392 e. The zero-order valence-corrected chi connectivity index (χ0v) is 14.1. The molecule has 0 aliphatic carbocycles. The average molecular weight is 370 g/mol. The molecule has 0 fully saturated rings. The van der Waals surface area contributed by atoms with E-state index in [9.17, 15) is 8.42 Å². The van der Waals surface area contributed by atoms with Gasteiger partial charge in [0.25, 0.3) is 10.0 Å². The third-order valence-corrected chi connectivity index (χ3v) is 5.17. The predicted molar refractivity (Wildman–Crippen MR) is 86.8 cm³/mol. The second-order valence-electron chi connectivity index (χ2n) is 4.82. The molecule has 0 aromatic heterocycles. The van der Waals surface area contributed by atoms with Crippen LogP contribution < -0.4 is 4.72 Å². The van der Waals surface area contributed by atoms with Crippen LogP contribution >= 0.6 is 15.9 Å². The van der Waals surface area contributed by atoms with Gasteiger partial charge in [-0.2, -0.15) is 0 Å². The molecule has 2 N–H and O–H groups in total. The number of aliphatic hydroxyl groups is 1. The Labute approximate surface area is 133 Å². The van der Waals surface area contributed by atoms with Gasteiger partial charge in [0.15, 0.2) is 0 Å². The minimum absolute atomic E-state index is 0.174. The summed E-state index contributed by atoms with van der Waals surface area (Å²) in [7, 11) is -3.70. The summed E-state index contributed by atoms with van der Waals surface area (Å²) >= 11 is 3.33. The Bertz CT molecular complexity index is 772. The molecule has 0 spiro atoms. The van der Waals surface area contributed by atoms with Crippen molar-refractivity contribution in [2.45, 2.75) is 25.3 Å². The van der Waals surface area contributed by atoms with Gasteiger partial charge in [-0.05, 0) is 48.7 Å². The number of aryl methyl sites for hydroxylation is 2. The molecule has 21 heavy (non-hydrogen) atoms. The van der Waals surface area contributed by atoms with Crippen molar-refractivity contribution >= 4 is 31.6 Å². The molecular formula is C15H16BrNO3S. The number of hydrogen-bond donors (Lipinski definition) is 2. The van der Waals surface area contributed by atoms with Gasteiger partial charge in [0, 0.05) is 4.47 Å². The Hall–Kier alpha value is -1.37. The summed E-state index contributed by atoms with van der Waals surface area (Å²) in [6.07, 6.45) is 0. The molecule has 6 heteroatoms. The summed E-state index contributed by atoms with van der Waals surface area (Å²) in [5.41, 5.74) is 2.55. The highest BCUT2D eigenvalue weighted by molar-refractivity contribution is 9.10. The number of nitrogens with one attached hydrogen (secondary N) is 1. The van der Waals surface area contributed by atoms with Crippen LogP contribution in [0.1, 0.15) is 16.7 Å². The maximum Gasteiger partial charge on any atom is 0.262 e. The first-order valence-electron chi connectivity index (χ1n) is 6.33.